The molecule has 3 N–H and O–H groups in total. The molecule has 0 aromatic rings. The minimum Gasteiger partial charge on any atom is -0.379 e. The zero-order valence-electron chi connectivity index (χ0n) is 8.92. The molecule has 0 aliphatic carbocycles. The van der Waals surface area contributed by atoms with Gasteiger partial charge in [0, 0.05) is 6.54 Å². The van der Waals surface area contributed by atoms with Gasteiger partial charge in [0.05, 0.1) is 0 Å². The Morgan fingerprint density at radius 1 is 1.29 bits per heavy atom. The monoisotopic (exact) mass is 208 g/mol. The first-order valence-corrected chi connectivity index (χ1v) is 4.59. The minimum atomic E-state index is -0.554. The van der Waals surface area contributed by atoms with Gasteiger partial charge in [-0.25, -0.2) is 0 Å². The number of aliphatic hydroxyl groups excluding tert-OH is 2. The van der Waals surface area contributed by atoms with E-state index in [1.807, 2.05) is 0 Å². The van der Waals surface area contributed by atoms with Crippen LogP contribution in [0.1, 0.15) is 33.6 Å². The van der Waals surface area contributed by atoms with Crippen molar-refractivity contribution in [2.75, 3.05) is 6.54 Å². The van der Waals surface area contributed by atoms with Crippen LogP contribution in [0.15, 0.2) is 5.34 Å². The molecule has 14 heavy (non-hydrogen) atoms. The summed E-state index contributed by atoms with van der Waals surface area (Å²) in [6.07, 6.45) is 0.981. The lowest BCUT2D eigenvalue weighted by Crippen LogP contribution is -2.40. The van der Waals surface area contributed by atoms with Crippen LogP contribution in [0, 0.1) is 4.91 Å². The molecule has 0 fully saturated rings. The number of unbranched alkanes of at least 4 members (excludes halogenated alkanes) is 1. The van der Waals surface area contributed by atoms with E-state index in [0.29, 0.717) is 0 Å². The molecule has 6 nitrogen and oxygen atoms in total. The molecule has 0 heterocycles. The van der Waals surface area contributed by atoms with Crippen molar-refractivity contribution < 1.29 is 15.4 Å². The summed E-state index contributed by atoms with van der Waals surface area (Å²) < 4.78 is 0. The molecule has 0 radical (unpaired) electrons. The lowest BCUT2D eigenvalue weighted by atomic mass is 10.3. The van der Waals surface area contributed by atoms with Gasteiger partial charge in [0.15, 0.2) is 5.34 Å². The van der Waals surface area contributed by atoms with Crippen LogP contribution < -0.4 is 0 Å². The second-order valence-corrected chi connectivity index (χ2v) is 2.94. The predicted octanol–water partition coefficient (Wildman–Crippen LogP) is 0.907. The maximum absolute atomic E-state index is 9.18. The zero-order valence-corrected chi connectivity index (χ0v) is 8.92. The molecule has 0 aromatic heterocycles. The van der Waals surface area contributed by atoms with Crippen molar-refractivity contribution in [3.8, 4) is 0 Å². The first-order valence-electron chi connectivity index (χ1n) is 4.59. The fraction of sp³-hybridized carbons (Fsp3) is 1.00. The standard InChI is InChI=1S/C8H19NO2.HNO2/c1-4-5-6-9(7(2)10)8(3)11;2-1-3/h7-8,10-11H,4-6H2,1-3H3;(H,2,3). The molecule has 0 aromatic carbocycles. The van der Waals surface area contributed by atoms with Gasteiger partial charge in [-0.2, -0.15) is 0 Å². The Balaban J connectivity index is 0. The molecule has 0 aliphatic heterocycles. The van der Waals surface area contributed by atoms with E-state index in [9.17, 15) is 10.2 Å². The molecule has 0 aliphatic rings. The maximum Gasteiger partial charge on any atom is 0.152 e. The second kappa shape index (κ2) is 10.4. The molecule has 0 bridgehead atoms. The van der Waals surface area contributed by atoms with Crippen molar-refractivity contribution in [3.63, 3.8) is 0 Å². The van der Waals surface area contributed by atoms with Crippen LogP contribution in [-0.2, 0) is 0 Å². The van der Waals surface area contributed by atoms with E-state index in [-0.39, 0.29) is 0 Å². The maximum atomic E-state index is 9.18. The first-order chi connectivity index (χ1) is 6.51. The topological polar surface area (TPSA) is 93.4 Å². The second-order valence-electron chi connectivity index (χ2n) is 2.94. The normalized spacial score (nSPS) is 14.1. The van der Waals surface area contributed by atoms with Gasteiger partial charge in [0.2, 0.25) is 0 Å². The molecule has 6 heteroatoms. The highest BCUT2D eigenvalue weighted by atomic mass is 16.6. The van der Waals surface area contributed by atoms with Gasteiger partial charge in [-0.1, -0.05) is 13.3 Å². The highest BCUT2D eigenvalue weighted by molar-refractivity contribution is 4.58. The molecule has 2 atom stereocenters. The average Bonchev–Trinajstić information content (AvgIpc) is 2.05. The number of aliphatic hydroxyl groups is 2. The molecule has 0 saturated carbocycles. The van der Waals surface area contributed by atoms with Gasteiger partial charge in [-0.3, -0.25) is 4.90 Å². The summed E-state index contributed by atoms with van der Waals surface area (Å²) in [5.41, 5.74) is 0. The summed E-state index contributed by atoms with van der Waals surface area (Å²) in [6, 6.07) is 0. The van der Waals surface area contributed by atoms with Gasteiger partial charge < -0.3 is 15.4 Å². The van der Waals surface area contributed by atoms with Crippen LogP contribution in [0.5, 0.6) is 0 Å². The van der Waals surface area contributed by atoms with Crippen LogP contribution in [0.25, 0.3) is 0 Å². The highest BCUT2D eigenvalue weighted by Crippen LogP contribution is 2.03. The fourth-order valence-corrected chi connectivity index (χ4v) is 1.03. The smallest absolute Gasteiger partial charge is 0.152 e. The molecule has 0 amide bonds. The van der Waals surface area contributed by atoms with Gasteiger partial charge >= 0.3 is 0 Å². The van der Waals surface area contributed by atoms with Crippen LogP contribution in [0.3, 0.4) is 0 Å². The van der Waals surface area contributed by atoms with E-state index in [0.717, 1.165) is 19.4 Å². The van der Waals surface area contributed by atoms with E-state index in [4.69, 9.17) is 10.1 Å². The van der Waals surface area contributed by atoms with Gasteiger partial charge in [-0.15, -0.1) is 4.91 Å². The van der Waals surface area contributed by atoms with E-state index in [1.54, 1.807) is 18.7 Å². The Hall–Kier alpha value is -0.720. The lowest BCUT2D eigenvalue weighted by Gasteiger charge is -2.27. The molecule has 86 valence electrons. The summed E-state index contributed by atoms with van der Waals surface area (Å²) >= 11 is 0. The van der Waals surface area contributed by atoms with Gasteiger partial charge in [-0.05, 0) is 20.3 Å². The van der Waals surface area contributed by atoms with Crippen molar-refractivity contribution in [2.45, 2.75) is 46.1 Å². The SMILES string of the molecule is CCCCN(C(C)O)C(C)O.O=NO. The zero-order chi connectivity index (χ0) is 11.6. The average molecular weight is 208 g/mol. The summed E-state index contributed by atoms with van der Waals surface area (Å²) in [5.74, 6) is 0. The van der Waals surface area contributed by atoms with E-state index >= 15 is 0 Å². The Morgan fingerprint density at radius 2 is 1.64 bits per heavy atom. The molecular weight excluding hydrogens is 188 g/mol. The van der Waals surface area contributed by atoms with Crippen molar-refractivity contribution in [1.82, 2.24) is 4.90 Å². The molecule has 0 spiro atoms. The predicted molar refractivity (Wildman–Crippen MR) is 52.6 cm³/mol. The van der Waals surface area contributed by atoms with Crippen LogP contribution in [-0.4, -0.2) is 39.3 Å². The summed E-state index contributed by atoms with van der Waals surface area (Å²) in [4.78, 5) is 9.77. The van der Waals surface area contributed by atoms with Crippen molar-refractivity contribution >= 4 is 0 Å². The Bertz CT molecular complexity index is 123. The minimum absolute atomic E-state index is 0.554. The third-order valence-electron chi connectivity index (χ3n) is 1.73. The largest absolute Gasteiger partial charge is 0.379 e. The Kier molecular flexibility index (Phi) is 11.6. The lowest BCUT2D eigenvalue weighted by molar-refractivity contribution is -0.0842. The highest BCUT2D eigenvalue weighted by Gasteiger charge is 2.14. The van der Waals surface area contributed by atoms with E-state index < -0.39 is 12.5 Å². The van der Waals surface area contributed by atoms with E-state index in [2.05, 4.69) is 6.92 Å². The van der Waals surface area contributed by atoms with Crippen LogP contribution in [0.2, 0.25) is 0 Å². The molecule has 2 unspecified atom stereocenters. The van der Waals surface area contributed by atoms with Crippen LogP contribution in [0.4, 0.5) is 0 Å². The van der Waals surface area contributed by atoms with Crippen molar-refractivity contribution in [3.05, 3.63) is 4.91 Å². The molecular formula is C8H20N2O4. The summed E-state index contributed by atoms with van der Waals surface area (Å²) in [5, 5.41) is 26.2. The molecule has 0 saturated heterocycles. The Morgan fingerprint density at radius 3 is 1.86 bits per heavy atom. The quantitative estimate of drug-likeness (QED) is 0.354. The van der Waals surface area contributed by atoms with E-state index in [1.165, 1.54) is 5.34 Å². The molecule has 0 rings (SSSR count). The van der Waals surface area contributed by atoms with Crippen LogP contribution >= 0.6 is 0 Å². The van der Waals surface area contributed by atoms with Crippen molar-refractivity contribution in [2.24, 2.45) is 5.34 Å². The third-order valence-corrected chi connectivity index (χ3v) is 1.73. The number of hydrogen-bond donors (Lipinski definition) is 3. The number of nitrogens with zero attached hydrogens (tertiary/aromatic N) is 2. The third kappa shape index (κ3) is 9.37. The first kappa shape index (κ1) is 15.7. The van der Waals surface area contributed by atoms with Gasteiger partial charge in [0.25, 0.3) is 0 Å². The summed E-state index contributed by atoms with van der Waals surface area (Å²) in [7, 11) is 0. The summed E-state index contributed by atoms with van der Waals surface area (Å²) in [6.45, 7) is 6.18. The number of rotatable bonds is 5. The van der Waals surface area contributed by atoms with Gasteiger partial charge in [0.1, 0.15) is 12.5 Å². The van der Waals surface area contributed by atoms with Crippen molar-refractivity contribution in [1.29, 1.82) is 0 Å². The fourth-order valence-electron chi connectivity index (χ4n) is 1.03. The number of hydrogen-bond acceptors (Lipinski definition) is 5. The Labute approximate surface area is 84.1 Å².